The number of amides is 1. The lowest BCUT2D eigenvalue weighted by molar-refractivity contribution is -0.138. The van der Waals surface area contributed by atoms with Crippen molar-refractivity contribution < 1.29 is 31.1 Å². The number of hydrogen-bond acceptors (Lipinski definition) is 5. The summed E-state index contributed by atoms with van der Waals surface area (Å²) in [6.07, 6.45) is 0.198. The van der Waals surface area contributed by atoms with Gasteiger partial charge in [0.05, 0.1) is 10.5 Å². The molecule has 35 heavy (non-hydrogen) atoms. The van der Waals surface area contributed by atoms with Crippen molar-refractivity contribution in [1.29, 1.82) is 0 Å². The van der Waals surface area contributed by atoms with Gasteiger partial charge in [0.15, 0.2) is 15.4 Å². The van der Waals surface area contributed by atoms with Crippen molar-refractivity contribution in [3.8, 4) is 5.75 Å². The highest BCUT2D eigenvalue weighted by Crippen LogP contribution is 2.40. The molecule has 1 amide bonds. The molecule has 2 bridgehead atoms. The number of ether oxygens (including phenoxy) is 1. The predicted octanol–water partition coefficient (Wildman–Crippen LogP) is 4.58. The summed E-state index contributed by atoms with van der Waals surface area (Å²) in [7, 11) is -3.26. The van der Waals surface area contributed by atoms with Gasteiger partial charge in [-0.1, -0.05) is 0 Å². The quantitative estimate of drug-likeness (QED) is 0.616. The maximum atomic E-state index is 13.0. The third-order valence-corrected chi connectivity index (χ3v) is 7.86. The summed E-state index contributed by atoms with van der Waals surface area (Å²) in [6, 6.07) is 11.6. The number of piperidine rings is 1. The van der Waals surface area contributed by atoms with E-state index >= 15 is 0 Å². The van der Waals surface area contributed by atoms with Crippen molar-refractivity contribution in [2.45, 2.75) is 74.3 Å². The Morgan fingerprint density at radius 2 is 1.51 bits per heavy atom. The summed E-state index contributed by atoms with van der Waals surface area (Å²) in [5.74, 6) is -0.140. The lowest BCUT2D eigenvalue weighted by Crippen LogP contribution is -2.55. The van der Waals surface area contributed by atoms with E-state index in [-0.39, 0.29) is 34.7 Å². The minimum atomic E-state index is -4.44. The number of benzene rings is 2. The molecule has 2 heterocycles. The van der Waals surface area contributed by atoms with Gasteiger partial charge in [0, 0.05) is 30.1 Å². The lowest BCUT2D eigenvalue weighted by Gasteiger charge is -2.41. The van der Waals surface area contributed by atoms with Gasteiger partial charge in [-0.2, -0.15) is 13.2 Å². The van der Waals surface area contributed by atoms with Gasteiger partial charge in [-0.3, -0.25) is 4.79 Å². The Labute approximate surface area is 203 Å². The van der Waals surface area contributed by atoms with Crippen molar-refractivity contribution in [3.05, 3.63) is 54.1 Å². The third-order valence-electron chi connectivity index (χ3n) is 6.73. The SMILES string of the molecule is CC(C)(Oc1ccc(C(F)(F)F)cc1)C(=O)NC1C[C@H]2CC[C@@H](C1)N2c1ccc(S(C)(=O)=O)cc1. The Balaban J connectivity index is 1.38. The Kier molecular flexibility index (Phi) is 6.54. The smallest absolute Gasteiger partial charge is 0.416 e. The van der Waals surface area contributed by atoms with Crippen molar-refractivity contribution in [2.75, 3.05) is 11.2 Å². The molecule has 190 valence electrons. The molecule has 0 saturated carbocycles. The summed E-state index contributed by atoms with van der Waals surface area (Å²) >= 11 is 0. The monoisotopic (exact) mass is 510 g/mol. The lowest BCUT2D eigenvalue weighted by atomic mass is 9.95. The number of anilines is 1. The number of fused-ring (bicyclic) bond motifs is 2. The third kappa shape index (κ3) is 5.58. The number of nitrogens with one attached hydrogen (secondary N) is 1. The van der Waals surface area contributed by atoms with Crippen LogP contribution in [0.1, 0.15) is 45.1 Å². The highest BCUT2D eigenvalue weighted by atomic mass is 32.2. The van der Waals surface area contributed by atoms with Crippen LogP contribution < -0.4 is 15.0 Å². The van der Waals surface area contributed by atoms with Gasteiger partial charge < -0.3 is 15.0 Å². The van der Waals surface area contributed by atoms with Crippen molar-refractivity contribution in [2.24, 2.45) is 0 Å². The molecule has 1 N–H and O–H groups in total. The van der Waals surface area contributed by atoms with E-state index in [2.05, 4.69) is 10.2 Å². The van der Waals surface area contributed by atoms with Crippen LogP contribution in [-0.2, 0) is 20.8 Å². The number of halogens is 3. The second-order valence-corrected chi connectivity index (χ2v) is 11.9. The van der Waals surface area contributed by atoms with Crippen LogP contribution in [0.15, 0.2) is 53.4 Å². The molecule has 4 rings (SSSR count). The van der Waals surface area contributed by atoms with Crippen LogP contribution in [0, 0.1) is 0 Å². The predicted molar refractivity (Wildman–Crippen MR) is 126 cm³/mol. The first kappa shape index (κ1) is 25.3. The molecule has 0 aliphatic carbocycles. The Morgan fingerprint density at radius 3 is 2.00 bits per heavy atom. The molecule has 6 nitrogen and oxygen atoms in total. The van der Waals surface area contributed by atoms with E-state index in [1.165, 1.54) is 18.4 Å². The van der Waals surface area contributed by atoms with Gasteiger partial charge in [0.2, 0.25) is 0 Å². The van der Waals surface area contributed by atoms with Crippen molar-refractivity contribution in [1.82, 2.24) is 5.32 Å². The molecule has 0 radical (unpaired) electrons. The minimum absolute atomic E-state index is 0.0537. The van der Waals surface area contributed by atoms with Gasteiger partial charge in [-0.15, -0.1) is 0 Å². The number of carbonyl (C=O) groups is 1. The zero-order chi connectivity index (χ0) is 25.6. The molecule has 2 fully saturated rings. The zero-order valence-corrected chi connectivity index (χ0v) is 20.6. The Morgan fingerprint density at radius 1 is 0.971 bits per heavy atom. The molecule has 2 aromatic rings. The largest absolute Gasteiger partial charge is 0.478 e. The van der Waals surface area contributed by atoms with Crippen LogP contribution in [0.4, 0.5) is 18.9 Å². The first-order chi connectivity index (χ1) is 16.2. The first-order valence-corrected chi connectivity index (χ1v) is 13.4. The molecule has 0 aromatic heterocycles. The second-order valence-electron chi connectivity index (χ2n) is 9.83. The van der Waals surface area contributed by atoms with E-state index in [1.807, 2.05) is 12.1 Å². The highest BCUT2D eigenvalue weighted by molar-refractivity contribution is 7.90. The summed E-state index contributed by atoms with van der Waals surface area (Å²) in [4.78, 5) is 15.6. The minimum Gasteiger partial charge on any atom is -0.478 e. The van der Waals surface area contributed by atoms with Crippen LogP contribution in [0.5, 0.6) is 5.75 Å². The molecule has 2 saturated heterocycles. The number of carbonyl (C=O) groups excluding carboxylic acids is 1. The number of nitrogens with zero attached hydrogens (tertiary/aromatic N) is 1. The number of rotatable bonds is 6. The topological polar surface area (TPSA) is 75.7 Å². The molecular weight excluding hydrogens is 481 g/mol. The highest BCUT2D eigenvalue weighted by Gasteiger charge is 2.42. The van der Waals surface area contributed by atoms with Crippen LogP contribution in [0.2, 0.25) is 0 Å². The summed E-state index contributed by atoms with van der Waals surface area (Å²) in [5, 5.41) is 3.07. The molecule has 0 spiro atoms. The second kappa shape index (κ2) is 9.04. The van der Waals surface area contributed by atoms with Crippen LogP contribution in [-0.4, -0.2) is 44.3 Å². The average molecular weight is 511 g/mol. The average Bonchev–Trinajstić information content (AvgIpc) is 3.03. The van der Waals surface area contributed by atoms with E-state index in [1.54, 1.807) is 26.0 Å². The molecule has 2 aliphatic heterocycles. The summed E-state index contributed by atoms with van der Waals surface area (Å²) < 4.78 is 67.6. The van der Waals surface area contributed by atoms with E-state index < -0.39 is 27.2 Å². The summed E-state index contributed by atoms with van der Waals surface area (Å²) in [6.45, 7) is 3.18. The van der Waals surface area contributed by atoms with E-state index in [9.17, 15) is 26.4 Å². The molecule has 1 unspecified atom stereocenters. The van der Waals surface area contributed by atoms with E-state index in [0.29, 0.717) is 0 Å². The molecule has 3 atom stereocenters. The summed E-state index contributed by atoms with van der Waals surface area (Å²) in [5.41, 5.74) is -1.07. The van der Waals surface area contributed by atoms with E-state index in [0.717, 1.165) is 43.5 Å². The van der Waals surface area contributed by atoms with Gasteiger partial charge >= 0.3 is 6.18 Å². The number of alkyl halides is 3. The molecule has 10 heteroatoms. The zero-order valence-electron chi connectivity index (χ0n) is 19.8. The van der Waals surface area contributed by atoms with Crippen molar-refractivity contribution >= 4 is 21.4 Å². The van der Waals surface area contributed by atoms with E-state index in [4.69, 9.17) is 4.74 Å². The molecular formula is C25H29F3N2O4S. The van der Waals surface area contributed by atoms with Crippen LogP contribution in [0.3, 0.4) is 0 Å². The maximum Gasteiger partial charge on any atom is 0.416 e. The first-order valence-electron chi connectivity index (χ1n) is 11.5. The normalized spacial score (nSPS) is 22.7. The Hall–Kier alpha value is -2.75. The molecule has 2 aliphatic rings. The van der Waals surface area contributed by atoms with Crippen LogP contribution in [0.25, 0.3) is 0 Å². The number of hydrogen-bond donors (Lipinski definition) is 1. The van der Waals surface area contributed by atoms with Gasteiger partial charge in [0.1, 0.15) is 5.75 Å². The molecule has 2 aromatic carbocycles. The Bertz CT molecular complexity index is 1160. The standard InChI is InChI=1S/C25H29F3N2O4S/c1-24(2,34-21-10-4-16(5-11-21)25(26,27)28)23(31)29-17-14-19-6-7-20(15-17)30(19)18-8-12-22(13-9-18)35(3,32)33/h4-5,8-13,17,19-20H,6-7,14-15H2,1-3H3,(H,29,31)/t17?,19-,20+. The van der Waals surface area contributed by atoms with Gasteiger partial charge in [-0.25, -0.2) is 8.42 Å². The van der Waals surface area contributed by atoms with Gasteiger partial charge in [0.25, 0.3) is 5.91 Å². The fraction of sp³-hybridized carbons (Fsp3) is 0.480. The van der Waals surface area contributed by atoms with Gasteiger partial charge in [-0.05, 0) is 88.1 Å². The number of sulfone groups is 1. The maximum absolute atomic E-state index is 13.0. The fourth-order valence-electron chi connectivity index (χ4n) is 4.99. The van der Waals surface area contributed by atoms with Crippen LogP contribution >= 0.6 is 0 Å². The fourth-order valence-corrected chi connectivity index (χ4v) is 5.62. The van der Waals surface area contributed by atoms with Crippen molar-refractivity contribution in [3.63, 3.8) is 0 Å².